The fourth-order valence-electron chi connectivity index (χ4n) is 0.832. The van der Waals surface area contributed by atoms with Crippen molar-refractivity contribution in [2.45, 2.75) is 0 Å². The summed E-state index contributed by atoms with van der Waals surface area (Å²) >= 11 is 0. The maximum Gasteiger partial charge on any atom is 0.133 e. The smallest absolute Gasteiger partial charge is 0.133 e. The fraction of sp³-hybridized carbons (Fsp3) is 0.111. The van der Waals surface area contributed by atoms with Crippen molar-refractivity contribution in [3.8, 4) is 0 Å². The van der Waals surface area contributed by atoms with E-state index in [4.69, 9.17) is 5.73 Å². The Bertz CT molecular complexity index is 295. The van der Waals surface area contributed by atoms with E-state index in [1.807, 2.05) is 0 Å². The molecule has 0 fully saturated rings. The van der Waals surface area contributed by atoms with Crippen LogP contribution in [0, 0.1) is 11.6 Å². The Kier molecular flexibility index (Phi) is 2.94. The fourth-order valence-corrected chi connectivity index (χ4v) is 0.832. The van der Waals surface area contributed by atoms with Crippen LogP contribution < -0.4 is 5.73 Å². The van der Waals surface area contributed by atoms with Gasteiger partial charge >= 0.3 is 0 Å². The van der Waals surface area contributed by atoms with Crippen molar-refractivity contribution in [3.63, 3.8) is 0 Å². The minimum absolute atomic E-state index is 0.344. The first-order valence-corrected chi connectivity index (χ1v) is 3.55. The molecule has 0 aliphatic carbocycles. The lowest BCUT2D eigenvalue weighted by Crippen LogP contribution is -1.92. The van der Waals surface area contributed by atoms with Crippen molar-refractivity contribution in [2.75, 3.05) is 6.54 Å². The molecule has 12 heavy (non-hydrogen) atoms. The topological polar surface area (TPSA) is 26.0 Å². The van der Waals surface area contributed by atoms with Gasteiger partial charge in [-0.3, -0.25) is 0 Å². The van der Waals surface area contributed by atoms with Gasteiger partial charge in [-0.1, -0.05) is 12.2 Å². The normalized spacial score (nSPS) is 10.9. The molecular formula is C9H9F2N. The van der Waals surface area contributed by atoms with Gasteiger partial charge in [0.1, 0.15) is 11.6 Å². The number of halogens is 2. The van der Waals surface area contributed by atoms with Gasteiger partial charge in [-0.15, -0.1) is 0 Å². The highest BCUT2D eigenvalue weighted by molar-refractivity contribution is 5.49. The van der Waals surface area contributed by atoms with Gasteiger partial charge in [0, 0.05) is 18.2 Å². The molecule has 0 spiro atoms. The summed E-state index contributed by atoms with van der Waals surface area (Å²) in [4.78, 5) is 0. The Balaban J connectivity index is 2.94. The van der Waals surface area contributed by atoms with Crippen molar-refractivity contribution in [1.82, 2.24) is 0 Å². The molecule has 0 amide bonds. The van der Waals surface area contributed by atoms with Crippen molar-refractivity contribution in [2.24, 2.45) is 5.73 Å². The van der Waals surface area contributed by atoms with Crippen LogP contribution in [-0.4, -0.2) is 6.54 Å². The minimum atomic E-state index is -0.572. The van der Waals surface area contributed by atoms with Crippen LogP contribution in [0.25, 0.3) is 6.08 Å². The molecule has 0 saturated carbocycles. The van der Waals surface area contributed by atoms with E-state index in [-0.39, 0.29) is 0 Å². The van der Waals surface area contributed by atoms with Gasteiger partial charge in [0.25, 0.3) is 0 Å². The predicted molar refractivity (Wildman–Crippen MR) is 44.4 cm³/mol. The van der Waals surface area contributed by atoms with Crippen molar-refractivity contribution < 1.29 is 8.78 Å². The monoisotopic (exact) mass is 169 g/mol. The lowest BCUT2D eigenvalue weighted by Gasteiger charge is -1.95. The zero-order valence-electron chi connectivity index (χ0n) is 6.43. The molecule has 1 aromatic carbocycles. The predicted octanol–water partition coefficient (Wildman–Crippen LogP) is 1.94. The van der Waals surface area contributed by atoms with E-state index in [9.17, 15) is 8.78 Å². The maximum absolute atomic E-state index is 12.8. The number of nitrogens with two attached hydrogens (primary N) is 1. The highest BCUT2D eigenvalue weighted by Crippen LogP contribution is 2.10. The molecule has 0 saturated heterocycles. The largest absolute Gasteiger partial charge is 0.327 e. The molecule has 0 aliphatic rings. The van der Waals surface area contributed by atoms with Gasteiger partial charge in [0.2, 0.25) is 0 Å². The molecule has 0 heterocycles. The van der Waals surface area contributed by atoms with Gasteiger partial charge in [-0.25, -0.2) is 8.78 Å². The van der Waals surface area contributed by atoms with E-state index >= 15 is 0 Å². The highest BCUT2D eigenvalue weighted by atomic mass is 19.1. The number of rotatable bonds is 2. The van der Waals surface area contributed by atoms with Crippen LogP contribution in [0.15, 0.2) is 24.3 Å². The molecule has 1 nitrogen and oxygen atoms in total. The first-order valence-electron chi connectivity index (χ1n) is 3.55. The van der Waals surface area contributed by atoms with Crippen molar-refractivity contribution >= 4 is 6.08 Å². The molecule has 3 heteroatoms. The van der Waals surface area contributed by atoms with E-state index in [2.05, 4.69) is 0 Å². The Hall–Kier alpha value is -1.22. The average Bonchev–Trinajstić information content (AvgIpc) is 2.03. The zero-order chi connectivity index (χ0) is 8.97. The van der Waals surface area contributed by atoms with E-state index < -0.39 is 11.6 Å². The number of hydrogen-bond donors (Lipinski definition) is 1. The van der Waals surface area contributed by atoms with E-state index in [1.54, 1.807) is 6.08 Å². The first-order chi connectivity index (χ1) is 5.74. The molecule has 0 aliphatic heterocycles. The third kappa shape index (κ3) is 2.13. The van der Waals surface area contributed by atoms with Gasteiger partial charge in [0.15, 0.2) is 0 Å². The van der Waals surface area contributed by atoms with Crippen molar-refractivity contribution in [1.29, 1.82) is 0 Å². The highest BCUT2D eigenvalue weighted by Gasteiger charge is 1.98. The summed E-state index contributed by atoms with van der Waals surface area (Å²) in [7, 11) is 0. The van der Waals surface area contributed by atoms with E-state index in [0.29, 0.717) is 12.1 Å². The Labute approximate surface area is 69.5 Å². The Morgan fingerprint density at radius 2 is 2.08 bits per heavy atom. The molecular weight excluding hydrogens is 160 g/mol. The standard InChI is InChI=1S/C9H9F2N/c10-8-4-3-7(2-1-5-12)9(11)6-8/h1-4,6H,5,12H2. The van der Waals surface area contributed by atoms with Crippen molar-refractivity contribution in [3.05, 3.63) is 41.5 Å². The summed E-state index contributed by atoms with van der Waals surface area (Å²) in [6.07, 6.45) is 3.13. The molecule has 64 valence electrons. The summed E-state index contributed by atoms with van der Waals surface area (Å²) in [6, 6.07) is 3.42. The summed E-state index contributed by atoms with van der Waals surface area (Å²) in [5.74, 6) is -1.14. The van der Waals surface area contributed by atoms with Crippen LogP contribution in [0.2, 0.25) is 0 Å². The molecule has 2 N–H and O–H groups in total. The van der Waals surface area contributed by atoms with Crippen LogP contribution in [0.1, 0.15) is 5.56 Å². The number of hydrogen-bond acceptors (Lipinski definition) is 1. The van der Waals surface area contributed by atoms with Gasteiger partial charge in [-0.2, -0.15) is 0 Å². The average molecular weight is 169 g/mol. The van der Waals surface area contributed by atoms with Crippen LogP contribution in [-0.2, 0) is 0 Å². The summed E-state index contributed by atoms with van der Waals surface area (Å²) in [5, 5.41) is 0. The Morgan fingerprint density at radius 1 is 1.33 bits per heavy atom. The van der Waals surface area contributed by atoms with Gasteiger partial charge in [-0.05, 0) is 12.1 Å². The lowest BCUT2D eigenvalue weighted by atomic mass is 10.2. The summed E-state index contributed by atoms with van der Waals surface area (Å²) < 4.78 is 25.2. The molecule has 1 rings (SSSR count). The molecule has 0 bridgehead atoms. The molecule has 0 radical (unpaired) electrons. The molecule has 0 aromatic heterocycles. The second-order valence-corrected chi connectivity index (χ2v) is 2.30. The first kappa shape index (κ1) is 8.87. The molecule has 1 aromatic rings. The summed E-state index contributed by atoms with van der Waals surface area (Å²) in [6.45, 7) is 0.344. The minimum Gasteiger partial charge on any atom is -0.327 e. The van der Waals surface area contributed by atoms with Crippen LogP contribution >= 0.6 is 0 Å². The summed E-state index contributed by atoms with van der Waals surface area (Å²) in [5.41, 5.74) is 5.52. The van der Waals surface area contributed by atoms with Gasteiger partial charge in [0.05, 0.1) is 0 Å². The van der Waals surface area contributed by atoms with Crippen LogP contribution in [0.4, 0.5) is 8.78 Å². The zero-order valence-corrected chi connectivity index (χ0v) is 6.43. The quantitative estimate of drug-likeness (QED) is 0.719. The lowest BCUT2D eigenvalue weighted by molar-refractivity contribution is 0.581. The maximum atomic E-state index is 12.8. The second-order valence-electron chi connectivity index (χ2n) is 2.30. The van der Waals surface area contributed by atoms with Gasteiger partial charge < -0.3 is 5.73 Å². The Morgan fingerprint density at radius 3 is 2.67 bits per heavy atom. The van der Waals surface area contributed by atoms with Crippen LogP contribution in [0.5, 0.6) is 0 Å². The van der Waals surface area contributed by atoms with E-state index in [0.717, 1.165) is 6.07 Å². The third-order valence-corrected chi connectivity index (χ3v) is 1.40. The molecule has 0 atom stereocenters. The van der Waals surface area contributed by atoms with Crippen LogP contribution in [0.3, 0.4) is 0 Å². The second kappa shape index (κ2) is 3.97. The van der Waals surface area contributed by atoms with E-state index in [1.165, 1.54) is 18.2 Å². The number of benzene rings is 1. The third-order valence-electron chi connectivity index (χ3n) is 1.40. The SMILES string of the molecule is NCC=Cc1ccc(F)cc1F. The molecule has 0 unspecified atom stereocenters.